The van der Waals surface area contributed by atoms with E-state index < -0.39 is 5.97 Å². The van der Waals surface area contributed by atoms with E-state index in [-0.39, 0.29) is 12.4 Å². The van der Waals surface area contributed by atoms with Crippen LogP contribution in [0.25, 0.3) is 0 Å². The summed E-state index contributed by atoms with van der Waals surface area (Å²) in [5, 5.41) is 11.0. The van der Waals surface area contributed by atoms with E-state index in [0.29, 0.717) is 16.6 Å². The van der Waals surface area contributed by atoms with Gasteiger partial charge in [-0.1, -0.05) is 12.1 Å². The predicted molar refractivity (Wildman–Crippen MR) is 53.4 cm³/mol. The fourth-order valence-corrected chi connectivity index (χ4v) is 1.39. The van der Waals surface area contributed by atoms with Gasteiger partial charge in [-0.05, 0) is 27.6 Å². The maximum Gasteiger partial charge on any atom is 0.317 e. The second kappa shape index (κ2) is 5.07. The van der Waals surface area contributed by atoms with Crippen LogP contribution in [0.1, 0.15) is 5.56 Å². The summed E-state index contributed by atoms with van der Waals surface area (Å²) in [5.74, 6) is -1.28. The van der Waals surface area contributed by atoms with Gasteiger partial charge in [0.25, 0.3) is 0 Å². The summed E-state index contributed by atoms with van der Waals surface area (Å²) in [6, 6.07) is 4.64. The van der Waals surface area contributed by atoms with Crippen LogP contribution < -0.4 is 5.32 Å². The number of nitrogens with one attached hydrogen (secondary N) is 1. The lowest BCUT2D eigenvalue weighted by molar-refractivity contribution is -0.135. The first kappa shape index (κ1) is 11.1. The van der Waals surface area contributed by atoms with E-state index in [1.54, 1.807) is 12.1 Å². The molecule has 1 aromatic carbocycles. The largest absolute Gasteiger partial charge is 0.480 e. The highest BCUT2D eigenvalue weighted by atomic mass is 79.9. The summed E-state index contributed by atoms with van der Waals surface area (Å²) >= 11 is 3.08. The summed E-state index contributed by atoms with van der Waals surface area (Å²) in [5.41, 5.74) is 0.700. The molecule has 2 N–H and O–H groups in total. The van der Waals surface area contributed by atoms with Crippen molar-refractivity contribution in [3.05, 3.63) is 34.1 Å². The van der Waals surface area contributed by atoms with Gasteiger partial charge in [-0.25, -0.2) is 4.39 Å². The molecule has 1 aromatic rings. The van der Waals surface area contributed by atoms with E-state index in [1.165, 1.54) is 6.07 Å². The predicted octanol–water partition coefficient (Wildman–Crippen LogP) is 1.76. The molecule has 0 heterocycles. The third kappa shape index (κ3) is 3.08. The van der Waals surface area contributed by atoms with E-state index in [2.05, 4.69) is 21.2 Å². The molecule has 0 unspecified atom stereocenters. The van der Waals surface area contributed by atoms with Crippen LogP contribution in [-0.2, 0) is 11.3 Å². The molecule has 5 heteroatoms. The van der Waals surface area contributed by atoms with Gasteiger partial charge < -0.3 is 10.4 Å². The summed E-state index contributed by atoms with van der Waals surface area (Å²) in [4.78, 5) is 10.2. The Balaban J connectivity index is 2.59. The Bertz CT molecular complexity index is 344. The number of halogens is 2. The van der Waals surface area contributed by atoms with Gasteiger partial charge in [0.2, 0.25) is 0 Å². The van der Waals surface area contributed by atoms with Crippen LogP contribution in [0.2, 0.25) is 0 Å². The summed E-state index contributed by atoms with van der Waals surface area (Å²) in [6.07, 6.45) is 0. The minimum Gasteiger partial charge on any atom is -0.480 e. The lowest BCUT2D eigenvalue weighted by Crippen LogP contribution is -2.22. The molecule has 0 radical (unpaired) electrons. The first-order valence-corrected chi connectivity index (χ1v) is 4.76. The van der Waals surface area contributed by atoms with Gasteiger partial charge in [-0.3, -0.25) is 4.79 Å². The average molecular weight is 262 g/mol. The lowest BCUT2D eigenvalue weighted by atomic mass is 10.2. The molecule has 76 valence electrons. The number of aliphatic carboxylic acids is 1. The highest BCUT2D eigenvalue weighted by molar-refractivity contribution is 9.10. The number of carboxylic acid groups (broad SMARTS) is 1. The zero-order chi connectivity index (χ0) is 10.6. The molecule has 14 heavy (non-hydrogen) atoms. The number of hydrogen-bond acceptors (Lipinski definition) is 2. The Kier molecular flexibility index (Phi) is 4.03. The summed E-state index contributed by atoms with van der Waals surface area (Å²) < 4.78 is 13.3. The van der Waals surface area contributed by atoms with Crippen LogP contribution in [0.4, 0.5) is 4.39 Å². The molecular weight excluding hydrogens is 253 g/mol. The van der Waals surface area contributed by atoms with Crippen LogP contribution >= 0.6 is 15.9 Å². The number of hydrogen-bond donors (Lipinski definition) is 2. The third-order valence-corrected chi connectivity index (χ3v) is 2.51. The fourth-order valence-electron chi connectivity index (χ4n) is 0.989. The van der Waals surface area contributed by atoms with Crippen molar-refractivity contribution in [1.29, 1.82) is 0 Å². The lowest BCUT2D eigenvalue weighted by Gasteiger charge is -2.05. The summed E-state index contributed by atoms with van der Waals surface area (Å²) in [7, 11) is 0. The molecule has 0 aliphatic carbocycles. The molecule has 0 saturated heterocycles. The molecule has 0 aliphatic heterocycles. The quantitative estimate of drug-likeness (QED) is 0.869. The zero-order valence-electron chi connectivity index (χ0n) is 7.26. The molecule has 1 rings (SSSR count). The molecule has 0 fully saturated rings. The van der Waals surface area contributed by atoms with Crippen molar-refractivity contribution in [3.63, 3.8) is 0 Å². The van der Waals surface area contributed by atoms with E-state index in [0.717, 1.165) is 0 Å². The van der Waals surface area contributed by atoms with Crippen molar-refractivity contribution >= 4 is 21.9 Å². The Morgan fingerprint density at radius 2 is 2.29 bits per heavy atom. The average Bonchev–Trinajstić information content (AvgIpc) is 2.12. The number of carbonyl (C=O) groups is 1. The zero-order valence-corrected chi connectivity index (χ0v) is 8.84. The van der Waals surface area contributed by atoms with Gasteiger partial charge in [-0.2, -0.15) is 0 Å². The highest BCUT2D eigenvalue weighted by Gasteiger charge is 2.04. The van der Waals surface area contributed by atoms with Gasteiger partial charge in [-0.15, -0.1) is 0 Å². The molecule has 0 bridgehead atoms. The first-order chi connectivity index (χ1) is 6.61. The fraction of sp³-hybridized carbons (Fsp3) is 0.222. The standard InChI is InChI=1S/C9H9BrFNO2/c10-9-6(2-1-3-7(9)11)4-12-5-8(13)14/h1-3,12H,4-5H2,(H,13,14). The highest BCUT2D eigenvalue weighted by Crippen LogP contribution is 2.19. The van der Waals surface area contributed by atoms with Crippen LogP contribution in [0.3, 0.4) is 0 Å². The smallest absolute Gasteiger partial charge is 0.317 e. The molecule has 0 amide bonds. The molecule has 0 atom stereocenters. The van der Waals surface area contributed by atoms with Crippen molar-refractivity contribution in [2.75, 3.05) is 6.54 Å². The SMILES string of the molecule is O=C(O)CNCc1cccc(F)c1Br. The molecule has 0 aliphatic rings. The Hall–Kier alpha value is -0.940. The van der Waals surface area contributed by atoms with E-state index in [1.807, 2.05) is 0 Å². The Labute approximate surface area is 89.1 Å². The molecule has 0 aromatic heterocycles. The van der Waals surface area contributed by atoms with E-state index in [9.17, 15) is 9.18 Å². The van der Waals surface area contributed by atoms with Crippen LogP contribution in [0, 0.1) is 5.82 Å². The van der Waals surface area contributed by atoms with E-state index >= 15 is 0 Å². The second-order valence-electron chi connectivity index (χ2n) is 2.71. The first-order valence-electron chi connectivity index (χ1n) is 3.96. The Morgan fingerprint density at radius 3 is 2.93 bits per heavy atom. The number of benzene rings is 1. The monoisotopic (exact) mass is 261 g/mol. The molecule has 0 saturated carbocycles. The van der Waals surface area contributed by atoms with Crippen molar-refractivity contribution in [2.45, 2.75) is 6.54 Å². The maximum atomic E-state index is 13.0. The van der Waals surface area contributed by atoms with Crippen LogP contribution in [0.5, 0.6) is 0 Å². The minimum atomic E-state index is -0.933. The van der Waals surface area contributed by atoms with Crippen molar-refractivity contribution in [3.8, 4) is 0 Å². The van der Waals surface area contributed by atoms with Crippen molar-refractivity contribution in [1.82, 2.24) is 5.32 Å². The maximum absolute atomic E-state index is 13.0. The topological polar surface area (TPSA) is 49.3 Å². The van der Waals surface area contributed by atoms with Crippen molar-refractivity contribution in [2.24, 2.45) is 0 Å². The van der Waals surface area contributed by atoms with Crippen molar-refractivity contribution < 1.29 is 14.3 Å². The number of rotatable bonds is 4. The van der Waals surface area contributed by atoms with Gasteiger partial charge >= 0.3 is 5.97 Å². The third-order valence-electron chi connectivity index (χ3n) is 1.62. The second-order valence-corrected chi connectivity index (χ2v) is 3.50. The van der Waals surface area contributed by atoms with Gasteiger partial charge in [0, 0.05) is 6.54 Å². The van der Waals surface area contributed by atoms with Gasteiger partial charge in [0.1, 0.15) is 5.82 Å². The van der Waals surface area contributed by atoms with Gasteiger partial charge in [0.15, 0.2) is 0 Å². The summed E-state index contributed by atoms with van der Waals surface area (Å²) in [6.45, 7) is 0.188. The van der Waals surface area contributed by atoms with E-state index in [4.69, 9.17) is 5.11 Å². The molecular formula is C9H9BrFNO2. The van der Waals surface area contributed by atoms with Gasteiger partial charge in [0.05, 0.1) is 11.0 Å². The van der Waals surface area contributed by atoms with Crippen LogP contribution in [0.15, 0.2) is 22.7 Å². The van der Waals surface area contributed by atoms with Crippen LogP contribution in [-0.4, -0.2) is 17.6 Å². The molecule has 0 spiro atoms. The minimum absolute atomic E-state index is 0.136. The number of carboxylic acids is 1. The molecule has 3 nitrogen and oxygen atoms in total. The normalized spacial score (nSPS) is 10.1. The Morgan fingerprint density at radius 1 is 1.57 bits per heavy atom.